The zero-order valence-corrected chi connectivity index (χ0v) is 8.74. The van der Waals surface area contributed by atoms with E-state index >= 15 is 0 Å². The molecule has 0 saturated heterocycles. The molecule has 0 N–H and O–H groups in total. The molecule has 0 fully saturated rings. The Balaban J connectivity index is 3.09. The highest BCUT2D eigenvalue weighted by molar-refractivity contribution is 9.09. The zero-order chi connectivity index (χ0) is 7.11. The van der Waals surface area contributed by atoms with E-state index in [2.05, 4.69) is 31.9 Å². The van der Waals surface area contributed by atoms with Gasteiger partial charge in [-0.15, -0.1) is 0 Å². The molecule has 0 atom stereocenters. The first-order valence-electron chi connectivity index (χ1n) is 2.96. The minimum Gasteiger partial charge on any atom is -0.385 e. The Morgan fingerprint density at radius 1 is 1.33 bits per heavy atom. The van der Waals surface area contributed by atoms with Crippen molar-refractivity contribution < 1.29 is 4.74 Å². The molecule has 0 spiro atoms. The van der Waals surface area contributed by atoms with Crippen LogP contribution in [-0.2, 0) is 4.74 Å². The normalized spacial score (nSPS) is 10.7. The van der Waals surface area contributed by atoms with E-state index in [0.29, 0.717) is 5.92 Å². The van der Waals surface area contributed by atoms with E-state index in [1.54, 1.807) is 7.11 Å². The van der Waals surface area contributed by atoms with Crippen molar-refractivity contribution in [3.8, 4) is 0 Å². The third-order valence-electron chi connectivity index (χ3n) is 1.17. The van der Waals surface area contributed by atoms with Crippen LogP contribution in [0.15, 0.2) is 0 Å². The smallest absolute Gasteiger partial charge is 0.0465 e. The highest BCUT2D eigenvalue weighted by atomic mass is 79.9. The van der Waals surface area contributed by atoms with Crippen LogP contribution in [0.2, 0.25) is 0 Å². The van der Waals surface area contributed by atoms with Gasteiger partial charge in [-0.05, 0) is 12.3 Å². The van der Waals surface area contributed by atoms with E-state index in [0.717, 1.165) is 23.7 Å². The summed E-state index contributed by atoms with van der Waals surface area (Å²) < 4.78 is 4.93. The molecule has 0 rings (SSSR count). The summed E-state index contributed by atoms with van der Waals surface area (Å²) in [6, 6.07) is 0. The Kier molecular flexibility index (Phi) is 7.75. The van der Waals surface area contributed by atoms with Gasteiger partial charge in [0.1, 0.15) is 0 Å². The fourth-order valence-electron chi connectivity index (χ4n) is 0.480. The Hall–Kier alpha value is 0.920. The lowest BCUT2D eigenvalue weighted by Gasteiger charge is -2.07. The molecule has 0 unspecified atom stereocenters. The van der Waals surface area contributed by atoms with Crippen molar-refractivity contribution in [3.63, 3.8) is 0 Å². The van der Waals surface area contributed by atoms with Crippen molar-refractivity contribution in [1.82, 2.24) is 0 Å². The van der Waals surface area contributed by atoms with Crippen molar-refractivity contribution in [2.24, 2.45) is 5.92 Å². The number of methoxy groups -OCH3 is 1. The van der Waals surface area contributed by atoms with Gasteiger partial charge in [-0.25, -0.2) is 0 Å². The lowest BCUT2D eigenvalue weighted by atomic mass is 10.1. The molecule has 0 aromatic carbocycles. The first-order chi connectivity index (χ1) is 4.35. The van der Waals surface area contributed by atoms with Crippen molar-refractivity contribution in [2.75, 3.05) is 24.4 Å². The summed E-state index contributed by atoms with van der Waals surface area (Å²) in [5.41, 5.74) is 0. The van der Waals surface area contributed by atoms with Crippen LogP contribution in [0.4, 0.5) is 0 Å². The highest BCUT2D eigenvalue weighted by Crippen LogP contribution is 2.09. The Morgan fingerprint density at radius 3 is 2.22 bits per heavy atom. The lowest BCUT2D eigenvalue weighted by molar-refractivity contribution is 0.184. The molecule has 0 aromatic heterocycles. The maximum absolute atomic E-state index is 4.93. The largest absolute Gasteiger partial charge is 0.385 e. The molecule has 0 aliphatic heterocycles. The molecule has 0 bridgehead atoms. The summed E-state index contributed by atoms with van der Waals surface area (Å²) in [5, 5.41) is 2.11. The van der Waals surface area contributed by atoms with Gasteiger partial charge >= 0.3 is 0 Å². The molecule has 0 saturated carbocycles. The van der Waals surface area contributed by atoms with Crippen molar-refractivity contribution >= 4 is 31.9 Å². The topological polar surface area (TPSA) is 9.23 Å². The summed E-state index contributed by atoms with van der Waals surface area (Å²) in [7, 11) is 1.74. The molecule has 3 heteroatoms. The van der Waals surface area contributed by atoms with Crippen molar-refractivity contribution in [1.29, 1.82) is 0 Å². The molecule has 0 aliphatic rings. The second-order valence-electron chi connectivity index (χ2n) is 1.96. The fourth-order valence-corrected chi connectivity index (χ4v) is 2.20. The van der Waals surface area contributed by atoms with Gasteiger partial charge in [0, 0.05) is 24.4 Å². The predicted octanol–water partition coefficient (Wildman–Crippen LogP) is 2.43. The van der Waals surface area contributed by atoms with E-state index < -0.39 is 0 Å². The first kappa shape index (κ1) is 9.92. The second kappa shape index (κ2) is 7.03. The van der Waals surface area contributed by atoms with Gasteiger partial charge in [-0.3, -0.25) is 0 Å². The molecule has 0 amide bonds. The minimum atomic E-state index is 0.713. The monoisotopic (exact) mass is 258 g/mol. The Morgan fingerprint density at radius 2 is 1.89 bits per heavy atom. The van der Waals surface area contributed by atoms with E-state index in [4.69, 9.17) is 4.74 Å². The van der Waals surface area contributed by atoms with E-state index in [9.17, 15) is 0 Å². The molecule has 0 radical (unpaired) electrons. The molecule has 0 aliphatic carbocycles. The molecule has 0 aromatic rings. The van der Waals surface area contributed by atoms with Gasteiger partial charge in [0.15, 0.2) is 0 Å². The number of alkyl halides is 2. The predicted molar refractivity (Wildman–Crippen MR) is 47.6 cm³/mol. The van der Waals surface area contributed by atoms with Gasteiger partial charge < -0.3 is 4.74 Å². The molecule has 1 nitrogen and oxygen atoms in total. The number of halogens is 2. The number of hydrogen-bond donors (Lipinski definition) is 0. The van der Waals surface area contributed by atoms with E-state index in [1.807, 2.05) is 0 Å². The third-order valence-corrected chi connectivity index (χ3v) is 3.00. The molecular weight excluding hydrogens is 248 g/mol. The average molecular weight is 260 g/mol. The second-order valence-corrected chi connectivity index (χ2v) is 3.25. The SMILES string of the molecule is COCCC(CBr)CBr. The Labute approximate surface area is 73.4 Å². The van der Waals surface area contributed by atoms with Gasteiger partial charge in [0.05, 0.1) is 0 Å². The highest BCUT2D eigenvalue weighted by Gasteiger charge is 2.02. The quantitative estimate of drug-likeness (QED) is 0.690. The lowest BCUT2D eigenvalue weighted by Crippen LogP contribution is -2.06. The van der Waals surface area contributed by atoms with E-state index in [-0.39, 0.29) is 0 Å². The summed E-state index contributed by atoms with van der Waals surface area (Å²) in [5.74, 6) is 0.713. The van der Waals surface area contributed by atoms with Crippen LogP contribution in [0.3, 0.4) is 0 Å². The van der Waals surface area contributed by atoms with Crippen LogP contribution in [0.1, 0.15) is 6.42 Å². The average Bonchev–Trinajstić information content (AvgIpc) is 1.91. The fraction of sp³-hybridized carbons (Fsp3) is 1.00. The zero-order valence-electron chi connectivity index (χ0n) is 5.57. The maximum atomic E-state index is 4.93. The summed E-state index contributed by atoms with van der Waals surface area (Å²) in [6.45, 7) is 0.863. The van der Waals surface area contributed by atoms with Crippen LogP contribution in [0.25, 0.3) is 0 Å². The van der Waals surface area contributed by atoms with Crippen LogP contribution in [-0.4, -0.2) is 24.4 Å². The van der Waals surface area contributed by atoms with Crippen molar-refractivity contribution in [3.05, 3.63) is 0 Å². The number of hydrogen-bond acceptors (Lipinski definition) is 1. The van der Waals surface area contributed by atoms with Gasteiger partial charge in [-0.1, -0.05) is 31.9 Å². The standard InChI is InChI=1S/C6H12Br2O/c1-9-3-2-6(4-7)5-8/h6H,2-5H2,1H3. The van der Waals surface area contributed by atoms with Crippen LogP contribution in [0.5, 0.6) is 0 Å². The van der Waals surface area contributed by atoms with Gasteiger partial charge in [-0.2, -0.15) is 0 Å². The van der Waals surface area contributed by atoms with Gasteiger partial charge in [0.2, 0.25) is 0 Å². The van der Waals surface area contributed by atoms with E-state index in [1.165, 1.54) is 0 Å². The molecule has 56 valence electrons. The number of rotatable bonds is 5. The third kappa shape index (κ3) is 5.37. The molecule has 9 heavy (non-hydrogen) atoms. The van der Waals surface area contributed by atoms with Crippen LogP contribution in [0, 0.1) is 5.92 Å². The minimum absolute atomic E-state index is 0.713. The van der Waals surface area contributed by atoms with Crippen LogP contribution >= 0.6 is 31.9 Å². The maximum Gasteiger partial charge on any atom is 0.0465 e. The molecular formula is C6H12Br2O. The first-order valence-corrected chi connectivity index (χ1v) is 5.20. The summed E-state index contributed by atoms with van der Waals surface area (Å²) in [4.78, 5) is 0. The van der Waals surface area contributed by atoms with Crippen molar-refractivity contribution in [2.45, 2.75) is 6.42 Å². The molecule has 0 heterocycles. The summed E-state index contributed by atoms with van der Waals surface area (Å²) in [6.07, 6.45) is 1.13. The van der Waals surface area contributed by atoms with Gasteiger partial charge in [0.25, 0.3) is 0 Å². The summed E-state index contributed by atoms with van der Waals surface area (Å²) >= 11 is 6.84. The Bertz CT molecular complexity index is 55.0. The van der Waals surface area contributed by atoms with Crippen LogP contribution < -0.4 is 0 Å². The number of ether oxygens (including phenoxy) is 1.